The second kappa shape index (κ2) is 5.53. The number of rotatable bonds is 5. The lowest BCUT2D eigenvalue weighted by Gasteiger charge is -2.05. The number of nitro benzene ring substituents is 1. The van der Waals surface area contributed by atoms with E-state index in [-0.39, 0.29) is 12.3 Å². The Kier molecular flexibility index (Phi) is 3.82. The molecule has 0 spiro atoms. The first kappa shape index (κ1) is 13.1. The average molecular weight is 262 g/mol. The van der Waals surface area contributed by atoms with Gasteiger partial charge in [0.1, 0.15) is 18.1 Å². The minimum Gasteiger partial charge on any atom is -0.462 e. The molecule has 2 aromatic rings. The lowest BCUT2D eigenvalue weighted by molar-refractivity contribution is -0.385. The van der Waals surface area contributed by atoms with E-state index in [4.69, 9.17) is 9.52 Å². The molecule has 2 rings (SSSR count). The van der Waals surface area contributed by atoms with Crippen LogP contribution < -0.4 is 5.32 Å². The van der Waals surface area contributed by atoms with Crippen molar-refractivity contribution in [3.63, 3.8) is 0 Å². The molecule has 0 aliphatic heterocycles. The van der Waals surface area contributed by atoms with Crippen LogP contribution in [0, 0.1) is 17.0 Å². The third-order valence-electron chi connectivity index (χ3n) is 2.75. The van der Waals surface area contributed by atoms with Crippen LogP contribution in [0.15, 0.2) is 34.7 Å². The van der Waals surface area contributed by atoms with E-state index in [2.05, 4.69) is 5.32 Å². The van der Waals surface area contributed by atoms with Crippen LogP contribution in [0.2, 0.25) is 0 Å². The lowest BCUT2D eigenvalue weighted by atomic mass is 10.2. The molecule has 0 radical (unpaired) electrons. The smallest absolute Gasteiger partial charge is 0.274 e. The largest absolute Gasteiger partial charge is 0.462 e. The SMILES string of the molecule is Cc1ccc(NCc2ccc(CO)o2)cc1[N+](=O)[O-]. The molecule has 0 atom stereocenters. The van der Waals surface area contributed by atoms with Gasteiger partial charge in [0.2, 0.25) is 0 Å². The highest BCUT2D eigenvalue weighted by atomic mass is 16.6. The first-order chi connectivity index (χ1) is 9.10. The van der Waals surface area contributed by atoms with Gasteiger partial charge in [-0.3, -0.25) is 10.1 Å². The Morgan fingerprint density at radius 2 is 2.05 bits per heavy atom. The fraction of sp³-hybridized carbons (Fsp3) is 0.231. The number of hydrogen-bond donors (Lipinski definition) is 2. The molecule has 0 aliphatic carbocycles. The second-order valence-electron chi connectivity index (χ2n) is 4.14. The van der Waals surface area contributed by atoms with Crippen LogP contribution >= 0.6 is 0 Å². The number of hydrogen-bond acceptors (Lipinski definition) is 5. The standard InChI is InChI=1S/C13H14N2O4/c1-9-2-3-10(6-13(9)15(17)18)14-7-11-4-5-12(8-16)19-11/h2-6,14,16H,7-8H2,1H3. The molecule has 0 saturated carbocycles. The molecule has 0 bridgehead atoms. The van der Waals surface area contributed by atoms with Crippen LogP contribution in [0.4, 0.5) is 11.4 Å². The maximum absolute atomic E-state index is 10.8. The lowest BCUT2D eigenvalue weighted by Crippen LogP contribution is -2.00. The molecule has 1 heterocycles. The van der Waals surface area contributed by atoms with Crippen LogP contribution in [0.1, 0.15) is 17.1 Å². The van der Waals surface area contributed by atoms with Crippen molar-refractivity contribution in [3.8, 4) is 0 Å². The summed E-state index contributed by atoms with van der Waals surface area (Å²) in [6, 6.07) is 8.40. The van der Waals surface area contributed by atoms with E-state index < -0.39 is 4.92 Å². The van der Waals surface area contributed by atoms with Crippen molar-refractivity contribution < 1.29 is 14.4 Å². The Balaban J connectivity index is 2.07. The minimum absolute atomic E-state index is 0.0838. The highest BCUT2D eigenvalue weighted by Gasteiger charge is 2.11. The molecular formula is C13H14N2O4. The molecule has 6 nitrogen and oxygen atoms in total. The summed E-state index contributed by atoms with van der Waals surface area (Å²) in [5, 5.41) is 22.7. The van der Waals surface area contributed by atoms with Crippen LogP contribution in [0.5, 0.6) is 0 Å². The Labute approximate surface area is 109 Å². The van der Waals surface area contributed by atoms with Crippen LogP contribution in [0.25, 0.3) is 0 Å². The molecule has 0 saturated heterocycles. The van der Waals surface area contributed by atoms with Crippen molar-refractivity contribution >= 4 is 11.4 Å². The van der Waals surface area contributed by atoms with Gasteiger partial charge in [-0.2, -0.15) is 0 Å². The molecule has 0 aliphatic rings. The maximum atomic E-state index is 10.8. The van der Waals surface area contributed by atoms with Crippen LogP contribution in [-0.4, -0.2) is 10.0 Å². The summed E-state index contributed by atoms with van der Waals surface area (Å²) < 4.78 is 5.31. The van der Waals surface area contributed by atoms with E-state index in [9.17, 15) is 10.1 Å². The number of aryl methyl sites for hydroxylation is 1. The summed E-state index contributed by atoms with van der Waals surface area (Å²) in [5.41, 5.74) is 1.36. The third-order valence-corrected chi connectivity index (χ3v) is 2.75. The third kappa shape index (κ3) is 3.11. The van der Waals surface area contributed by atoms with Crippen LogP contribution in [-0.2, 0) is 13.2 Å². The van der Waals surface area contributed by atoms with E-state index in [0.29, 0.717) is 29.3 Å². The van der Waals surface area contributed by atoms with Gasteiger partial charge in [0.15, 0.2) is 0 Å². The quantitative estimate of drug-likeness (QED) is 0.638. The van der Waals surface area contributed by atoms with Gasteiger partial charge in [0.25, 0.3) is 5.69 Å². The molecule has 100 valence electrons. The zero-order valence-corrected chi connectivity index (χ0v) is 10.4. The molecule has 0 amide bonds. The molecular weight excluding hydrogens is 248 g/mol. The van der Waals surface area contributed by atoms with Gasteiger partial charge in [-0.1, -0.05) is 6.07 Å². The van der Waals surface area contributed by atoms with Gasteiger partial charge in [-0.15, -0.1) is 0 Å². The van der Waals surface area contributed by atoms with Crippen molar-refractivity contribution in [1.82, 2.24) is 0 Å². The van der Waals surface area contributed by atoms with Crippen molar-refractivity contribution in [2.45, 2.75) is 20.1 Å². The summed E-state index contributed by atoms with van der Waals surface area (Å²) in [6.45, 7) is 1.96. The van der Waals surface area contributed by atoms with Crippen molar-refractivity contribution in [1.29, 1.82) is 0 Å². The number of aliphatic hydroxyl groups excluding tert-OH is 1. The zero-order valence-electron chi connectivity index (χ0n) is 10.4. The predicted molar refractivity (Wildman–Crippen MR) is 69.8 cm³/mol. The molecule has 1 aromatic carbocycles. The number of nitro groups is 1. The molecule has 19 heavy (non-hydrogen) atoms. The second-order valence-corrected chi connectivity index (χ2v) is 4.14. The van der Waals surface area contributed by atoms with E-state index in [0.717, 1.165) is 0 Å². The normalized spacial score (nSPS) is 10.4. The summed E-state index contributed by atoms with van der Waals surface area (Å²) in [4.78, 5) is 10.4. The van der Waals surface area contributed by atoms with E-state index in [1.165, 1.54) is 6.07 Å². The predicted octanol–water partition coefficient (Wildman–Crippen LogP) is 2.60. The summed E-state index contributed by atoms with van der Waals surface area (Å²) in [6.07, 6.45) is 0. The van der Waals surface area contributed by atoms with Gasteiger partial charge < -0.3 is 14.8 Å². The fourth-order valence-electron chi connectivity index (χ4n) is 1.71. The first-order valence-corrected chi connectivity index (χ1v) is 5.77. The van der Waals surface area contributed by atoms with Gasteiger partial charge in [-0.05, 0) is 25.1 Å². The van der Waals surface area contributed by atoms with Crippen LogP contribution in [0.3, 0.4) is 0 Å². The summed E-state index contributed by atoms with van der Waals surface area (Å²) in [7, 11) is 0. The van der Waals surface area contributed by atoms with E-state index >= 15 is 0 Å². The Hall–Kier alpha value is -2.34. The molecule has 0 fully saturated rings. The molecule has 0 unspecified atom stereocenters. The van der Waals surface area contributed by atoms with Gasteiger partial charge in [0.05, 0.1) is 11.5 Å². The fourth-order valence-corrected chi connectivity index (χ4v) is 1.71. The Morgan fingerprint density at radius 1 is 1.32 bits per heavy atom. The number of nitrogens with one attached hydrogen (secondary N) is 1. The number of nitrogens with zero attached hydrogens (tertiary/aromatic N) is 1. The van der Waals surface area contributed by atoms with Crippen molar-refractivity contribution in [3.05, 3.63) is 57.5 Å². The molecule has 2 N–H and O–H groups in total. The molecule has 1 aromatic heterocycles. The minimum atomic E-state index is -0.405. The van der Waals surface area contributed by atoms with Gasteiger partial charge >= 0.3 is 0 Å². The summed E-state index contributed by atoms with van der Waals surface area (Å²) in [5.74, 6) is 1.15. The van der Waals surface area contributed by atoms with Gasteiger partial charge in [-0.25, -0.2) is 0 Å². The number of anilines is 1. The summed E-state index contributed by atoms with van der Waals surface area (Å²) >= 11 is 0. The number of aliphatic hydroxyl groups is 1. The zero-order chi connectivity index (χ0) is 13.8. The highest BCUT2D eigenvalue weighted by molar-refractivity contribution is 5.54. The van der Waals surface area contributed by atoms with E-state index in [1.807, 2.05) is 0 Å². The first-order valence-electron chi connectivity index (χ1n) is 5.77. The number of furan rings is 1. The molecule has 6 heteroatoms. The highest BCUT2D eigenvalue weighted by Crippen LogP contribution is 2.22. The Morgan fingerprint density at radius 3 is 2.68 bits per heavy atom. The van der Waals surface area contributed by atoms with Gasteiger partial charge in [0, 0.05) is 17.3 Å². The monoisotopic (exact) mass is 262 g/mol. The van der Waals surface area contributed by atoms with Crippen molar-refractivity contribution in [2.75, 3.05) is 5.32 Å². The Bertz CT molecular complexity index is 592. The van der Waals surface area contributed by atoms with E-state index in [1.54, 1.807) is 31.2 Å². The number of benzene rings is 1. The maximum Gasteiger partial charge on any atom is 0.274 e. The average Bonchev–Trinajstić information content (AvgIpc) is 2.85. The van der Waals surface area contributed by atoms with Crippen molar-refractivity contribution in [2.24, 2.45) is 0 Å². The topological polar surface area (TPSA) is 88.5 Å².